The maximum Gasteiger partial charge on any atom is 0.413 e. The van der Waals surface area contributed by atoms with Gasteiger partial charge in [-0.05, 0) is 57.4 Å². The van der Waals surface area contributed by atoms with Gasteiger partial charge in [0, 0.05) is 18.7 Å². The average molecular weight is 438 g/mol. The zero-order valence-corrected chi connectivity index (χ0v) is 18.9. The van der Waals surface area contributed by atoms with Crippen LogP contribution in [0.2, 0.25) is 0 Å². The number of nitrogens with zero attached hydrogens (tertiary/aromatic N) is 3. The molecule has 0 aliphatic rings. The summed E-state index contributed by atoms with van der Waals surface area (Å²) < 4.78 is 10.3. The van der Waals surface area contributed by atoms with Crippen molar-refractivity contribution in [2.45, 2.75) is 53.2 Å². The number of ether oxygens (including phenoxy) is 1. The number of aromatic nitrogens is 3. The van der Waals surface area contributed by atoms with Crippen molar-refractivity contribution < 1.29 is 18.8 Å². The van der Waals surface area contributed by atoms with Crippen LogP contribution in [-0.2, 0) is 17.7 Å². The number of anilines is 1. The maximum atomic E-state index is 12.5. The molecule has 0 bridgehead atoms. The first-order valence-corrected chi connectivity index (χ1v) is 10.2. The average Bonchev–Trinajstić information content (AvgIpc) is 3.15. The fraction of sp³-hybridized carbons (Fsp3) is 0.348. The molecule has 3 aromatic rings. The monoisotopic (exact) mass is 437 g/mol. The predicted octanol–water partition coefficient (Wildman–Crippen LogP) is 3.95. The topological polar surface area (TPSA) is 119 Å². The van der Waals surface area contributed by atoms with Crippen LogP contribution in [0.5, 0.6) is 0 Å². The van der Waals surface area contributed by atoms with Crippen LogP contribution in [0.15, 0.2) is 40.9 Å². The Labute approximate surface area is 186 Å². The van der Waals surface area contributed by atoms with Gasteiger partial charge in [-0.25, -0.2) is 9.78 Å². The first kappa shape index (κ1) is 22.9. The predicted molar refractivity (Wildman–Crippen MR) is 118 cm³/mol. The molecule has 0 fully saturated rings. The van der Waals surface area contributed by atoms with Crippen molar-refractivity contribution in [3.8, 4) is 0 Å². The van der Waals surface area contributed by atoms with Crippen LogP contribution in [0.25, 0.3) is 0 Å². The molecule has 2 amide bonds. The van der Waals surface area contributed by atoms with Gasteiger partial charge in [0.1, 0.15) is 11.4 Å². The minimum Gasteiger partial charge on any atom is -0.444 e. The first-order valence-electron chi connectivity index (χ1n) is 10.2. The fourth-order valence-corrected chi connectivity index (χ4v) is 3.04. The van der Waals surface area contributed by atoms with E-state index < -0.39 is 17.6 Å². The van der Waals surface area contributed by atoms with Crippen molar-refractivity contribution in [1.82, 2.24) is 20.4 Å². The summed E-state index contributed by atoms with van der Waals surface area (Å²) in [7, 11) is 0. The summed E-state index contributed by atoms with van der Waals surface area (Å²) in [5, 5.41) is 9.28. The molecule has 9 heteroatoms. The van der Waals surface area contributed by atoms with Gasteiger partial charge in [0.05, 0.1) is 0 Å². The number of nitrogens with one attached hydrogen (secondary N) is 2. The number of carbonyl (C=O) groups excluding carboxylic acids is 2. The largest absolute Gasteiger partial charge is 0.444 e. The molecule has 0 radical (unpaired) electrons. The second-order valence-corrected chi connectivity index (χ2v) is 8.38. The molecule has 2 heterocycles. The van der Waals surface area contributed by atoms with Crippen LogP contribution >= 0.6 is 0 Å². The van der Waals surface area contributed by atoms with E-state index in [0.717, 1.165) is 16.7 Å². The Morgan fingerprint density at radius 3 is 2.47 bits per heavy atom. The van der Waals surface area contributed by atoms with E-state index in [-0.39, 0.29) is 12.4 Å². The summed E-state index contributed by atoms with van der Waals surface area (Å²) in [4.78, 5) is 33.0. The Morgan fingerprint density at radius 2 is 1.81 bits per heavy atom. The van der Waals surface area contributed by atoms with E-state index in [2.05, 4.69) is 25.8 Å². The minimum atomic E-state index is -0.603. The molecule has 0 aliphatic carbocycles. The third-order valence-electron chi connectivity index (χ3n) is 4.48. The number of pyridine rings is 1. The van der Waals surface area contributed by atoms with Gasteiger partial charge < -0.3 is 14.6 Å². The lowest BCUT2D eigenvalue weighted by atomic mass is 10.1. The van der Waals surface area contributed by atoms with Gasteiger partial charge in [0.25, 0.3) is 0 Å². The number of amides is 2. The van der Waals surface area contributed by atoms with E-state index in [1.54, 1.807) is 33.8 Å². The molecule has 2 N–H and O–H groups in total. The van der Waals surface area contributed by atoms with Gasteiger partial charge in [-0.1, -0.05) is 35.5 Å². The van der Waals surface area contributed by atoms with Crippen LogP contribution in [0.4, 0.5) is 10.6 Å². The van der Waals surface area contributed by atoms with Crippen LogP contribution < -0.4 is 10.6 Å². The molecule has 0 aliphatic heterocycles. The summed E-state index contributed by atoms with van der Waals surface area (Å²) in [6.07, 6.45) is -0.0983. The van der Waals surface area contributed by atoms with Crippen molar-refractivity contribution >= 4 is 17.8 Å². The Bertz CT molecular complexity index is 1080. The van der Waals surface area contributed by atoms with Crippen molar-refractivity contribution in [3.05, 3.63) is 70.5 Å². The smallest absolute Gasteiger partial charge is 0.413 e. The number of aryl methyl sites for hydroxylation is 2. The SMILES string of the molecule is Cc1cc(NC(=O)OC(C)(C)C)nc(C)c1CNC(=O)c1nc(Cc2ccccc2)no1. The fourth-order valence-electron chi connectivity index (χ4n) is 3.04. The molecular formula is C23H27N5O4. The number of carbonyl (C=O) groups is 2. The standard InChI is InChI=1S/C23H27N5O4/c1-14-11-18(27-22(30)31-23(3,4)5)25-15(2)17(14)13-24-20(29)21-26-19(28-32-21)12-16-9-7-6-8-10-16/h6-11H,12-13H2,1-5H3,(H,24,29)(H,25,27,30). The molecule has 1 aromatic carbocycles. The first-order chi connectivity index (χ1) is 15.1. The molecule has 0 atom stereocenters. The van der Waals surface area contributed by atoms with E-state index in [0.29, 0.717) is 23.8 Å². The normalized spacial score (nSPS) is 11.2. The van der Waals surface area contributed by atoms with Crippen molar-refractivity contribution in [2.75, 3.05) is 5.32 Å². The third-order valence-corrected chi connectivity index (χ3v) is 4.48. The third kappa shape index (κ3) is 6.37. The van der Waals surface area contributed by atoms with Gasteiger partial charge in [-0.15, -0.1) is 0 Å². The second kappa shape index (κ2) is 9.59. The summed E-state index contributed by atoms with van der Waals surface area (Å²) in [6, 6.07) is 11.4. The summed E-state index contributed by atoms with van der Waals surface area (Å²) >= 11 is 0. The van der Waals surface area contributed by atoms with Crippen LogP contribution in [-0.4, -0.2) is 32.7 Å². The van der Waals surface area contributed by atoms with Crippen LogP contribution in [0.3, 0.4) is 0 Å². The van der Waals surface area contributed by atoms with Crippen molar-refractivity contribution in [1.29, 1.82) is 0 Å². The lowest BCUT2D eigenvalue weighted by molar-refractivity contribution is 0.0635. The van der Waals surface area contributed by atoms with Gasteiger partial charge >= 0.3 is 17.9 Å². The van der Waals surface area contributed by atoms with E-state index in [4.69, 9.17) is 9.26 Å². The Balaban J connectivity index is 1.60. The summed E-state index contributed by atoms with van der Waals surface area (Å²) in [6.45, 7) is 9.27. The highest BCUT2D eigenvalue weighted by atomic mass is 16.6. The highest BCUT2D eigenvalue weighted by Gasteiger charge is 2.19. The molecule has 0 spiro atoms. The zero-order valence-electron chi connectivity index (χ0n) is 18.9. The van der Waals surface area contributed by atoms with Crippen LogP contribution in [0.1, 0.15) is 59.7 Å². The number of benzene rings is 1. The number of rotatable bonds is 6. The molecule has 0 saturated carbocycles. The molecule has 3 rings (SSSR count). The van der Waals surface area contributed by atoms with E-state index in [1.807, 2.05) is 37.3 Å². The van der Waals surface area contributed by atoms with E-state index in [1.165, 1.54) is 0 Å². The lowest BCUT2D eigenvalue weighted by Crippen LogP contribution is -2.28. The van der Waals surface area contributed by atoms with Gasteiger partial charge in [-0.3, -0.25) is 10.1 Å². The molecular weight excluding hydrogens is 410 g/mol. The van der Waals surface area contributed by atoms with E-state index >= 15 is 0 Å². The second-order valence-electron chi connectivity index (χ2n) is 8.38. The highest BCUT2D eigenvalue weighted by molar-refractivity contribution is 5.89. The minimum absolute atomic E-state index is 0.0950. The number of hydrogen-bond donors (Lipinski definition) is 2. The van der Waals surface area contributed by atoms with Gasteiger partial charge in [0.2, 0.25) is 0 Å². The Kier molecular flexibility index (Phi) is 6.87. The zero-order chi connectivity index (χ0) is 23.3. The molecule has 168 valence electrons. The van der Waals surface area contributed by atoms with Crippen LogP contribution in [0, 0.1) is 13.8 Å². The molecule has 0 saturated heterocycles. The molecule has 2 aromatic heterocycles. The van der Waals surface area contributed by atoms with Crippen molar-refractivity contribution in [2.24, 2.45) is 0 Å². The summed E-state index contributed by atoms with van der Waals surface area (Å²) in [5.41, 5.74) is 2.79. The Hall–Kier alpha value is -3.75. The van der Waals surface area contributed by atoms with Crippen molar-refractivity contribution in [3.63, 3.8) is 0 Å². The van der Waals surface area contributed by atoms with Gasteiger partial charge in [-0.2, -0.15) is 4.98 Å². The lowest BCUT2D eigenvalue weighted by Gasteiger charge is -2.20. The maximum absolute atomic E-state index is 12.5. The number of hydrogen-bond acceptors (Lipinski definition) is 7. The van der Waals surface area contributed by atoms with Gasteiger partial charge in [0.15, 0.2) is 5.82 Å². The molecule has 32 heavy (non-hydrogen) atoms. The quantitative estimate of drug-likeness (QED) is 0.599. The molecule has 9 nitrogen and oxygen atoms in total. The summed E-state index contributed by atoms with van der Waals surface area (Å²) in [5.74, 6) is 0.258. The highest BCUT2D eigenvalue weighted by Crippen LogP contribution is 2.18. The Morgan fingerprint density at radius 1 is 1.09 bits per heavy atom. The molecule has 0 unspecified atom stereocenters. The van der Waals surface area contributed by atoms with E-state index in [9.17, 15) is 9.59 Å².